The van der Waals surface area contributed by atoms with Crippen molar-refractivity contribution >= 4 is 17.4 Å². The van der Waals surface area contributed by atoms with Crippen molar-refractivity contribution in [3.8, 4) is 16.9 Å². The third kappa shape index (κ3) is 2.80. The third-order valence-electron chi connectivity index (χ3n) is 5.49. The molecule has 0 bridgehead atoms. The van der Waals surface area contributed by atoms with Gasteiger partial charge in [-0.25, -0.2) is 14.4 Å². The number of anilines is 1. The molecule has 2 aliphatic heterocycles. The van der Waals surface area contributed by atoms with Gasteiger partial charge in [0.25, 0.3) is 5.91 Å². The van der Waals surface area contributed by atoms with E-state index in [1.807, 2.05) is 12.4 Å². The number of hydrogen-bond donors (Lipinski definition) is 1. The molecule has 144 valence electrons. The summed E-state index contributed by atoms with van der Waals surface area (Å²) >= 11 is 0. The highest BCUT2D eigenvalue weighted by atomic mass is 19.1. The molecule has 0 atom stereocenters. The maximum absolute atomic E-state index is 14.8. The predicted molar refractivity (Wildman–Crippen MR) is 102 cm³/mol. The fourth-order valence-electron chi connectivity index (χ4n) is 3.86. The molecule has 1 amide bonds. The minimum Gasteiger partial charge on any atom is -0.480 e. The van der Waals surface area contributed by atoms with Crippen molar-refractivity contribution in [1.82, 2.24) is 19.7 Å². The highest BCUT2D eigenvalue weighted by molar-refractivity contribution is 5.96. The van der Waals surface area contributed by atoms with Crippen LogP contribution in [0.4, 0.5) is 10.2 Å². The van der Waals surface area contributed by atoms with Gasteiger partial charge in [0.1, 0.15) is 0 Å². The molecule has 0 spiro atoms. The Bertz CT molecular complexity index is 1070. The van der Waals surface area contributed by atoms with Crippen LogP contribution < -0.4 is 15.0 Å². The second-order valence-electron chi connectivity index (χ2n) is 7.28. The quantitative estimate of drug-likeness (QED) is 0.738. The first-order valence-electron chi connectivity index (χ1n) is 9.39. The van der Waals surface area contributed by atoms with Crippen LogP contribution in [0.5, 0.6) is 5.75 Å². The van der Waals surface area contributed by atoms with Gasteiger partial charge in [0, 0.05) is 42.7 Å². The average Bonchev–Trinajstić information content (AvgIpc) is 3.16. The molecule has 0 unspecified atom stereocenters. The second kappa shape index (κ2) is 6.56. The van der Waals surface area contributed by atoms with Gasteiger partial charge < -0.3 is 14.5 Å². The molecule has 0 aliphatic carbocycles. The van der Waals surface area contributed by atoms with Crippen molar-refractivity contribution < 1.29 is 13.9 Å². The summed E-state index contributed by atoms with van der Waals surface area (Å²) in [4.78, 5) is 22.1. The van der Waals surface area contributed by atoms with E-state index in [9.17, 15) is 9.18 Å². The minimum absolute atomic E-state index is 0.0246. The van der Waals surface area contributed by atoms with E-state index in [0.29, 0.717) is 28.7 Å². The molecule has 5 heterocycles. The lowest BCUT2D eigenvalue weighted by molar-refractivity contribution is -0.121. The van der Waals surface area contributed by atoms with Crippen LogP contribution in [0.1, 0.15) is 24.5 Å². The van der Waals surface area contributed by atoms with Crippen LogP contribution in [0, 0.1) is 5.82 Å². The van der Waals surface area contributed by atoms with Crippen LogP contribution in [0.2, 0.25) is 0 Å². The van der Waals surface area contributed by atoms with E-state index in [1.54, 1.807) is 23.7 Å². The van der Waals surface area contributed by atoms with Crippen LogP contribution in [0.3, 0.4) is 0 Å². The van der Waals surface area contributed by atoms with Gasteiger partial charge >= 0.3 is 0 Å². The van der Waals surface area contributed by atoms with Crippen LogP contribution >= 0.6 is 0 Å². The number of pyridine rings is 2. The molecule has 0 aromatic carbocycles. The summed E-state index contributed by atoms with van der Waals surface area (Å²) in [6.45, 7) is 1.90. The van der Waals surface area contributed by atoms with Crippen LogP contribution in [0.15, 0.2) is 30.7 Å². The number of piperidine rings is 1. The summed E-state index contributed by atoms with van der Waals surface area (Å²) in [7, 11) is 1.66. The molecule has 1 fully saturated rings. The molecule has 28 heavy (non-hydrogen) atoms. The summed E-state index contributed by atoms with van der Waals surface area (Å²) < 4.78 is 22.0. The van der Waals surface area contributed by atoms with E-state index in [1.165, 1.54) is 11.0 Å². The number of likely N-dealkylation sites (N-methyl/N-ethyl adjacent to an activating group) is 1. The number of hydrogen-bond acceptors (Lipinski definition) is 5. The fraction of sp³-hybridized carbons (Fsp3) is 0.350. The molecule has 5 rings (SSSR count). The van der Waals surface area contributed by atoms with Crippen LogP contribution in [-0.4, -0.2) is 47.0 Å². The molecule has 3 aromatic heterocycles. The first kappa shape index (κ1) is 17.1. The summed E-state index contributed by atoms with van der Waals surface area (Å²) in [6, 6.07) is 3.26. The van der Waals surface area contributed by atoms with Crippen molar-refractivity contribution in [1.29, 1.82) is 0 Å². The second-order valence-corrected chi connectivity index (χ2v) is 7.28. The van der Waals surface area contributed by atoms with Crippen molar-refractivity contribution in [3.63, 3.8) is 0 Å². The molecule has 1 N–H and O–H groups in total. The van der Waals surface area contributed by atoms with Gasteiger partial charge in [0.15, 0.2) is 29.6 Å². The van der Waals surface area contributed by atoms with Gasteiger partial charge in [-0.15, -0.1) is 0 Å². The number of nitrogens with zero attached hydrogens (tertiary/aromatic N) is 4. The molecule has 7 nitrogen and oxygen atoms in total. The number of imidazole rings is 1. The van der Waals surface area contributed by atoms with Gasteiger partial charge in [-0.2, -0.15) is 0 Å². The molecule has 0 radical (unpaired) electrons. The summed E-state index contributed by atoms with van der Waals surface area (Å²) in [5.41, 5.74) is 2.67. The van der Waals surface area contributed by atoms with Gasteiger partial charge in [0.05, 0.1) is 5.69 Å². The maximum atomic E-state index is 14.8. The van der Waals surface area contributed by atoms with E-state index in [-0.39, 0.29) is 18.3 Å². The molecular weight excluding hydrogens is 361 g/mol. The van der Waals surface area contributed by atoms with E-state index >= 15 is 0 Å². The van der Waals surface area contributed by atoms with Gasteiger partial charge in [0.2, 0.25) is 0 Å². The molecule has 0 saturated carbocycles. The standard InChI is InChI=1S/C20H20FN5O2/c1-25-18(27)11-28-17-7-13(8-23-20(17)25)14-6-15(21)19-24-16(10-26(19)9-14)12-2-4-22-5-3-12/h6-10,12,22H,2-5,11H2,1H3. The van der Waals surface area contributed by atoms with E-state index in [2.05, 4.69) is 15.3 Å². The first-order valence-corrected chi connectivity index (χ1v) is 9.39. The van der Waals surface area contributed by atoms with Gasteiger partial charge in [-0.1, -0.05) is 0 Å². The Balaban J connectivity index is 1.53. The lowest BCUT2D eigenvalue weighted by atomic mass is 9.95. The Morgan fingerprint density at radius 2 is 2.04 bits per heavy atom. The molecule has 3 aromatic rings. The number of aromatic nitrogens is 3. The zero-order valence-corrected chi connectivity index (χ0v) is 15.5. The Morgan fingerprint density at radius 1 is 1.21 bits per heavy atom. The number of carbonyl (C=O) groups excluding carboxylic acids is 1. The number of fused-ring (bicyclic) bond motifs is 2. The lowest BCUT2D eigenvalue weighted by Gasteiger charge is -2.24. The lowest BCUT2D eigenvalue weighted by Crippen LogP contribution is -2.36. The highest BCUT2D eigenvalue weighted by Crippen LogP contribution is 2.34. The normalized spacial score (nSPS) is 17.6. The van der Waals surface area contributed by atoms with Gasteiger partial charge in [-0.3, -0.25) is 9.69 Å². The number of carbonyl (C=O) groups is 1. The van der Waals surface area contributed by atoms with E-state index in [4.69, 9.17) is 4.74 Å². The minimum atomic E-state index is -0.372. The SMILES string of the molecule is CN1C(=O)COc2cc(-c3cc(F)c4nc(C5CCNCC5)cn4c3)cnc21. The molecule has 2 aliphatic rings. The van der Waals surface area contributed by atoms with Crippen LogP contribution in [-0.2, 0) is 4.79 Å². The zero-order chi connectivity index (χ0) is 19.3. The van der Waals surface area contributed by atoms with Gasteiger partial charge in [-0.05, 0) is 38.1 Å². The Hall–Kier alpha value is -3.00. The molecule has 1 saturated heterocycles. The summed E-state index contributed by atoms with van der Waals surface area (Å²) in [5.74, 6) is 0.821. The third-order valence-corrected chi connectivity index (χ3v) is 5.49. The molecular formula is C20H20FN5O2. The summed E-state index contributed by atoms with van der Waals surface area (Å²) in [6.07, 6.45) is 7.43. The predicted octanol–water partition coefficient (Wildman–Crippen LogP) is 2.36. The summed E-state index contributed by atoms with van der Waals surface area (Å²) in [5, 5.41) is 3.34. The smallest absolute Gasteiger partial charge is 0.265 e. The number of nitrogens with one attached hydrogen (secondary N) is 1. The van der Waals surface area contributed by atoms with Crippen LogP contribution in [0.25, 0.3) is 16.8 Å². The zero-order valence-electron chi connectivity index (χ0n) is 15.5. The number of rotatable bonds is 2. The Morgan fingerprint density at radius 3 is 2.86 bits per heavy atom. The Kier molecular flexibility index (Phi) is 4.01. The topological polar surface area (TPSA) is 71.8 Å². The van der Waals surface area contributed by atoms with Crippen molar-refractivity contribution in [2.75, 3.05) is 31.6 Å². The monoisotopic (exact) mass is 381 g/mol. The fourth-order valence-corrected chi connectivity index (χ4v) is 3.86. The van der Waals surface area contributed by atoms with E-state index in [0.717, 1.165) is 37.2 Å². The maximum Gasteiger partial charge on any atom is 0.265 e. The number of amides is 1. The van der Waals surface area contributed by atoms with Crippen molar-refractivity contribution in [3.05, 3.63) is 42.2 Å². The molecule has 8 heteroatoms. The number of halogens is 1. The van der Waals surface area contributed by atoms with Crippen molar-refractivity contribution in [2.24, 2.45) is 0 Å². The van der Waals surface area contributed by atoms with Crippen molar-refractivity contribution in [2.45, 2.75) is 18.8 Å². The number of ether oxygens (including phenoxy) is 1. The average molecular weight is 381 g/mol. The highest BCUT2D eigenvalue weighted by Gasteiger charge is 2.24. The largest absolute Gasteiger partial charge is 0.480 e. The van der Waals surface area contributed by atoms with E-state index < -0.39 is 0 Å². The first-order chi connectivity index (χ1) is 13.6. The Labute approximate surface area is 161 Å².